The van der Waals surface area contributed by atoms with E-state index in [9.17, 15) is 14.4 Å². The van der Waals surface area contributed by atoms with Crippen LogP contribution in [0.25, 0.3) is 0 Å². The minimum atomic E-state index is -0.614. The predicted octanol–water partition coefficient (Wildman–Crippen LogP) is 0.375. The second-order valence-electron chi connectivity index (χ2n) is 4.18. The Kier molecular flexibility index (Phi) is 2.59. The van der Waals surface area contributed by atoms with E-state index in [4.69, 9.17) is 4.74 Å². The van der Waals surface area contributed by atoms with Gasteiger partial charge >= 0.3 is 6.09 Å². The van der Waals surface area contributed by atoms with Crippen LogP contribution in [0.15, 0.2) is 0 Å². The molecule has 1 aliphatic rings. The molecule has 78 valence electrons. The number of amides is 1. The van der Waals surface area contributed by atoms with Crippen LogP contribution in [0.3, 0.4) is 0 Å². The standard InChI is InChI=1S/C9H13NO4/c1-9(2,3)14-8(13)10-4-6(11)7(12)5-10/h4-5H2,1-3H3. The number of hydrogen-bond acceptors (Lipinski definition) is 4. The number of nitrogens with zero attached hydrogens (tertiary/aromatic N) is 1. The molecule has 14 heavy (non-hydrogen) atoms. The van der Waals surface area contributed by atoms with Crippen LogP contribution in [-0.4, -0.2) is 41.3 Å². The van der Waals surface area contributed by atoms with E-state index in [-0.39, 0.29) is 13.1 Å². The molecule has 0 spiro atoms. The fourth-order valence-electron chi connectivity index (χ4n) is 1.03. The number of carbonyl (C=O) groups excluding carboxylic acids is 3. The van der Waals surface area contributed by atoms with Crippen LogP contribution in [0.4, 0.5) is 4.79 Å². The Balaban J connectivity index is 2.56. The third-order valence-electron chi connectivity index (χ3n) is 1.63. The first kappa shape index (κ1) is 10.7. The minimum absolute atomic E-state index is 0.159. The van der Waals surface area contributed by atoms with Gasteiger partial charge in [0.1, 0.15) is 5.60 Å². The number of likely N-dealkylation sites (tertiary alicyclic amines) is 1. The quantitative estimate of drug-likeness (QED) is 0.529. The Hall–Kier alpha value is -1.39. The maximum absolute atomic E-state index is 11.4. The van der Waals surface area contributed by atoms with Crippen LogP contribution in [0.1, 0.15) is 20.8 Å². The van der Waals surface area contributed by atoms with Gasteiger partial charge in [0.05, 0.1) is 13.1 Å². The summed E-state index contributed by atoms with van der Waals surface area (Å²) in [5.74, 6) is -1.06. The first-order chi connectivity index (χ1) is 6.29. The molecular formula is C9H13NO4. The molecule has 1 amide bonds. The first-order valence-corrected chi connectivity index (χ1v) is 4.33. The topological polar surface area (TPSA) is 63.7 Å². The molecule has 0 aromatic rings. The molecule has 0 aromatic carbocycles. The van der Waals surface area contributed by atoms with Gasteiger partial charge in [0.15, 0.2) is 0 Å². The van der Waals surface area contributed by atoms with Gasteiger partial charge in [-0.1, -0.05) is 0 Å². The van der Waals surface area contributed by atoms with Gasteiger partial charge < -0.3 is 4.74 Å². The lowest BCUT2D eigenvalue weighted by molar-refractivity contribution is -0.132. The summed E-state index contributed by atoms with van der Waals surface area (Å²) in [6.45, 7) is 4.86. The highest BCUT2D eigenvalue weighted by molar-refractivity contribution is 6.41. The third-order valence-corrected chi connectivity index (χ3v) is 1.63. The van der Waals surface area contributed by atoms with Crippen LogP contribution in [0.2, 0.25) is 0 Å². The van der Waals surface area contributed by atoms with Crippen molar-refractivity contribution in [3.63, 3.8) is 0 Å². The van der Waals surface area contributed by atoms with Crippen molar-refractivity contribution in [3.05, 3.63) is 0 Å². The molecule has 0 atom stereocenters. The zero-order chi connectivity index (χ0) is 10.9. The molecule has 5 heteroatoms. The van der Waals surface area contributed by atoms with Crippen molar-refractivity contribution in [2.45, 2.75) is 26.4 Å². The lowest BCUT2D eigenvalue weighted by Crippen LogP contribution is -2.35. The normalized spacial score (nSPS) is 17.5. The van der Waals surface area contributed by atoms with E-state index in [0.717, 1.165) is 4.90 Å². The number of carbonyl (C=O) groups is 3. The average molecular weight is 199 g/mol. The van der Waals surface area contributed by atoms with E-state index >= 15 is 0 Å². The van der Waals surface area contributed by atoms with Crippen molar-refractivity contribution < 1.29 is 19.1 Å². The molecule has 1 heterocycles. The Bertz CT molecular complexity index is 274. The molecule has 0 aromatic heterocycles. The molecule has 0 unspecified atom stereocenters. The predicted molar refractivity (Wildman–Crippen MR) is 47.8 cm³/mol. The molecule has 0 radical (unpaired) electrons. The van der Waals surface area contributed by atoms with Crippen LogP contribution in [0, 0.1) is 0 Å². The largest absolute Gasteiger partial charge is 0.444 e. The monoisotopic (exact) mass is 199 g/mol. The van der Waals surface area contributed by atoms with E-state index in [1.54, 1.807) is 20.8 Å². The van der Waals surface area contributed by atoms with E-state index in [1.165, 1.54) is 0 Å². The number of ether oxygens (including phenoxy) is 1. The number of rotatable bonds is 0. The zero-order valence-electron chi connectivity index (χ0n) is 8.49. The summed E-state index contributed by atoms with van der Waals surface area (Å²) < 4.78 is 5.00. The lowest BCUT2D eigenvalue weighted by atomic mass is 10.2. The van der Waals surface area contributed by atoms with E-state index in [1.807, 2.05) is 0 Å². The van der Waals surface area contributed by atoms with Gasteiger partial charge in [0.25, 0.3) is 0 Å². The second-order valence-corrected chi connectivity index (χ2v) is 4.18. The van der Waals surface area contributed by atoms with Gasteiger partial charge in [0.2, 0.25) is 11.6 Å². The van der Waals surface area contributed by atoms with Crippen LogP contribution in [0.5, 0.6) is 0 Å². The SMILES string of the molecule is CC(C)(C)OC(=O)N1CC(=O)C(=O)C1. The summed E-state index contributed by atoms with van der Waals surface area (Å²) in [6.07, 6.45) is -0.614. The molecule has 1 saturated heterocycles. The Morgan fingerprint density at radius 3 is 2.00 bits per heavy atom. The summed E-state index contributed by atoms with van der Waals surface area (Å²) >= 11 is 0. The van der Waals surface area contributed by atoms with E-state index in [0.29, 0.717) is 0 Å². The summed E-state index contributed by atoms with van der Waals surface area (Å²) in [5, 5.41) is 0. The fourth-order valence-corrected chi connectivity index (χ4v) is 1.03. The number of ketones is 2. The van der Waals surface area contributed by atoms with Gasteiger partial charge in [-0.15, -0.1) is 0 Å². The Labute approximate surface area is 82.0 Å². The smallest absolute Gasteiger partial charge is 0.411 e. The second kappa shape index (κ2) is 3.40. The van der Waals surface area contributed by atoms with Crippen molar-refractivity contribution in [2.24, 2.45) is 0 Å². The summed E-state index contributed by atoms with van der Waals surface area (Å²) in [5.41, 5.74) is -0.605. The highest BCUT2D eigenvalue weighted by Crippen LogP contribution is 2.11. The lowest BCUT2D eigenvalue weighted by Gasteiger charge is -2.23. The van der Waals surface area contributed by atoms with Crippen LogP contribution in [-0.2, 0) is 14.3 Å². The molecule has 1 rings (SSSR count). The highest BCUT2D eigenvalue weighted by Gasteiger charge is 2.34. The van der Waals surface area contributed by atoms with Crippen molar-refractivity contribution in [1.29, 1.82) is 0 Å². The molecule has 0 saturated carbocycles. The van der Waals surface area contributed by atoms with Crippen molar-refractivity contribution in [1.82, 2.24) is 4.90 Å². The molecule has 0 aliphatic carbocycles. The van der Waals surface area contributed by atoms with Crippen molar-refractivity contribution in [2.75, 3.05) is 13.1 Å². The van der Waals surface area contributed by atoms with Crippen molar-refractivity contribution >= 4 is 17.7 Å². The number of Topliss-reactive ketones (excluding diaryl/α,β-unsaturated/α-hetero) is 2. The van der Waals surface area contributed by atoms with Gasteiger partial charge in [0, 0.05) is 0 Å². The fraction of sp³-hybridized carbons (Fsp3) is 0.667. The van der Waals surface area contributed by atoms with Gasteiger partial charge in [-0.05, 0) is 20.8 Å². The molecule has 0 N–H and O–H groups in total. The maximum Gasteiger partial charge on any atom is 0.411 e. The Morgan fingerprint density at radius 1 is 1.21 bits per heavy atom. The minimum Gasteiger partial charge on any atom is -0.444 e. The third kappa shape index (κ3) is 2.55. The Morgan fingerprint density at radius 2 is 1.64 bits per heavy atom. The van der Waals surface area contributed by atoms with Gasteiger partial charge in [-0.3, -0.25) is 14.5 Å². The number of hydrogen-bond donors (Lipinski definition) is 0. The highest BCUT2D eigenvalue weighted by atomic mass is 16.6. The van der Waals surface area contributed by atoms with Gasteiger partial charge in [-0.2, -0.15) is 0 Å². The van der Waals surface area contributed by atoms with E-state index < -0.39 is 23.3 Å². The molecule has 5 nitrogen and oxygen atoms in total. The zero-order valence-corrected chi connectivity index (χ0v) is 8.49. The molecular weight excluding hydrogens is 186 g/mol. The molecule has 1 aliphatic heterocycles. The van der Waals surface area contributed by atoms with Gasteiger partial charge in [-0.25, -0.2) is 4.79 Å². The summed E-state index contributed by atoms with van der Waals surface area (Å²) in [4.78, 5) is 34.2. The summed E-state index contributed by atoms with van der Waals surface area (Å²) in [6, 6.07) is 0. The van der Waals surface area contributed by atoms with Crippen LogP contribution >= 0.6 is 0 Å². The average Bonchev–Trinajstić information content (AvgIpc) is 2.28. The van der Waals surface area contributed by atoms with Crippen LogP contribution < -0.4 is 0 Å². The van der Waals surface area contributed by atoms with Crippen molar-refractivity contribution in [3.8, 4) is 0 Å². The molecule has 0 bridgehead atoms. The maximum atomic E-state index is 11.4. The molecule has 1 fully saturated rings. The summed E-state index contributed by atoms with van der Waals surface area (Å²) in [7, 11) is 0. The van der Waals surface area contributed by atoms with E-state index in [2.05, 4.69) is 0 Å². The first-order valence-electron chi connectivity index (χ1n) is 4.33.